The first-order chi connectivity index (χ1) is 34.5. The van der Waals surface area contributed by atoms with Gasteiger partial charge in [0.05, 0.1) is 0 Å². The Kier molecular flexibility index (Phi) is 45.7. The lowest BCUT2D eigenvalue weighted by Crippen LogP contribution is -2.44. The number of hydrogen-bond donors (Lipinski definition) is 6. The van der Waals surface area contributed by atoms with Crippen molar-refractivity contribution in [2.45, 2.75) is 109 Å². The zero-order valence-corrected chi connectivity index (χ0v) is 48.0. The van der Waals surface area contributed by atoms with E-state index < -0.39 is 0 Å². The summed E-state index contributed by atoms with van der Waals surface area (Å²) < 4.78 is 0. The standard InChI is InChI=1S/C53H112N14O5/c1-60(2)35-19-11-15-28-55-49(68)23-39-65(40-24-50(69)56-29-16-12-20-36-61(3)4)45-47-67(43-27-53(72)59-33-32-54-34-44-64(9)10)48-46-66(41-25-51(70)57-30-17-13-21-37-62(5)6)42-26-52(71)58-31-18-14-22-38-63(7)8/h54H,11-48H2,1-10H3,(H,55,68)(H,56,69)(H,57,70)(H,58,71)(H,59,72). The van der Waals surface area contributed by atoms with Crippen molar-refractivity contribution in [2.75, 3.05) is 208 Å². The Balaban J connectivity index is 5.99. The van der Waals surface area contributed by atoms with E-state index in [9.17, 15) is 24.0 Å². The molecule has 19 heteroatoms. The smallest absolute Gasteiger partial charge is 0.221 e. The predicted octanol–water partition coefficient (Wildman–Crippen LogP) is 1.50. The first-order valence-electron chi connectivity index (χ1n) is 27.9. The van der Waals surface area contributed by atoms with Gasteiger partial charge < -0.3 is 71.1 Å². The quantitative estimate of drug-likeness (QED) is 0.0483. The number of nitrogens with zero attached hydrogens (tertiary/aromatic N) is 8. The minimum absolute atomic E-state index is 0.0110. The van der Waals surface area contributed by atoms with Crippen LogP contribution in [0.3, 0.4) is 0 Å². The van der Waals surface area contributed by atoms with Crippen molar-refractivity contribution >= 4 is 29.5 Å². The third-order valence-electron chi connectivity index (χ3n) is 12.5. The predicted molar refractivity (Wildman–Crippen MR) is 298 cm³/mol. The molecule has 72 heavy (non-hydrogen) atoms. The topological polar surface area (TPSA) is 183 Å². The van der Waals surface area contributed by atoms with Crippen molar-refractivity contribution in [3.05, 3.63) is 0 Å². The van der Waals surface area contributed by atoms with E-state index in [2.05, 4.69) is 127 Å². The molecule has 0 spiro atoms. The number of carbonyl (C=O) groups excluding carboxylic acids is 5. The van der Waals surface area contributed by atoms with Crippen molar-refractivity contribution in [2.24, 2.45) is 0 Å². The van der Waals surface area contributed by atoms with Crippen LogP contribution in [0.1, 0.15) is 109 Å². The van der Waals surface area contributed by atoms with E-state index in [0.717, 1.165) is 116 Å². The van der Waals surface area contributed by atoms with Gasteiger partial charge in [-0.3, -0.25) is 24.0 Å². The fourth-order valence-electron chi connectivity index (χ4n) is 7.86. The maximum absolute atomic E-state index is 13.2. The summed E-state index contributed by atoms with van der Waals surface area (Å²) in [4.78, 5) is 83.0. The second-order valence-corrected chi connectivity index (χ2v) is 21.0. The number of amides is 5. The highest BCUT2D eigenvalue weighted by molar-refractivity contribution is 5.77. The van der Waals surface area contributed by atoms with Crippen LogP contribution in [0.4, 0.5) is 0 Å². The van der Waals surface area contributed by atoms with Gasteiger partial charge in [0.1, 0.15) is 0 Å². The third kappa shape index (κ3) is 49.2. The summed E-state index contributed by atoms with van der Waals surface area (Å²) in [6, 6.07) is 0. The molecule has 19 nitrogen and oxygen atoms in total. The Bertz CT molecular complexity index is 1190. The molecule has 0 saturated heterocycles. The SMILES string of the molecule is CN(C)CCCCCNC(=O)CCN(CCC(=O)NCCCCCN(C)C)CCN(CCC(=O)NCCNCCN(C)C)CCN(CCC(=O)NCCCCCN(C)C)CCC(=O)NCCCCCN(C)C. The summed E-state index contributed by atoms with van der Waals surface area (Å²) >= 11 is 0. The van der Waals surface area contributed by atoms with E-state index in [4.69, 9.17) is 0 Å². The Hall–Kier alpha value is -3.01. The first kappa shape index (κ1) is 69.0. The Morgan fingerprint density at radius 3 is 0.722 bits per heavy atom. The molecule has 0 aliphatic heterocycles. The van der Waals surface area contributed by atoms with Crippen LogP contribution in [0, 0.1) is 0 Å². The molecular weight excluding hydrogens is 913 g/mol. The van der Waals surface area contributed by atoms with E-state index in [1.165, 1.54) is 0 Å². The number of hydrogen-bond acceptors (Lipinski definition) is 14. The van der Waals surface area contributed by atoms with E-state index in [-0.39, 0.29) is 29.5 Å². The summed E-state index contributed by atoms with van der Waals surface area (Å²) in [5.41, 5.74) is 0. The molecule has 0 aromatic carbocycles. The minimum atomic E-state index is -0.0170. The summed E-state index contributed by atoms with van der Waals surface area (Å²) in [6.07, 6.45) is 14.0. The highest BCUT2D eigenvalue weighted by Gasteiger charge is 2.17. The second-order valence-electron chi connectivity index (χ2n) is 21.0. The van der Waals surface area contributed by atoms with E-state index in [1.807, 2.05) is 14.1 Å². The van der Waals surface area contributed by atoms with Gasteiger partial charge in [-0.05, 0) is 148 Å². The molecular formula is C53H112N14O5. The second kappa shape index (κ2) is 47.7. The monoisotopic (exact) mass is 1020 g/mol. The van der Waals surface area contributed by atoms with Crippen LogP contribution in [-0.2, 0) is 24.0 Å². The molecule has 5 amide bonds. The molecule has 6 N–H and O–H groups in total. The van der Waals surface area contributed by atoms with Crippen LogP contribution in [0.15, 0.2) is 0 Å². The lowest BCUT2D eigenvalue weighted by Gasteiger charge is -2.30. The average Bonchev–Trinajstić information content (AvgIpc) is 3.32. The number of rotatable bonds is 51. The highest BCUT2D eigenvalue weighted by atomic mass is 16.2. The van der Waals surface area contributed by atoms with Crippen molar-refractivity contribution in [3.63, 3.8) is 0 Å². The molecule has 0 radical (unpaired) electrons. The van der Waals surface area contributed by atoms with Gasteiger partial charge in [0, 0.05) is 143 Å². The molecule has 0 aliphatic rings. The van der Waals surface area contributed by atoms with Gasteiger partial charge in [0.2, 0.25) is 29.5 Å². The normalized spacial score (nSPS) is 11.9. The molecule has 0 rings (SSSR count). The summed E-state index contributed by atoms with van der Waals surface area (Å²) in [7, 11) is 20.7. The fourth-order valence-corrected chi connectivity index (χ4v) is 7.86. The molecule has 0 aromatic heterocycles. The largest absolute Gasteiger partial charge is 0.356 e. The molecule has 0 saturated carbocycles. The molecule has 0 bridgehead atoms. The number of likely N-dealkylation sites (N-methyl/N-ethyl adjacent to an activating group) is 1. The maximum Gasteiger partial charge on any atom is 0.221 e. The zero-order valence-electron chi connectivity index (χ0n) is 48.0. The van der Waals surface area contributed by atoms with Gasteiger partial charge in [-0.1, -0.05) is 25.7 Å². The molecule has 0 fully saturated rings. The lowest BCUT2D eigenvalue weighted by molar-refractivity contribution is -0.123. The van der Waals surface area contributed by atoms with Crippen LogP contribution in [-0.4, -0.2) is 277 Å². The first-order valence-corrected chi connectivity index (χ1v) is 27.9. The molecule has 424 valence electrons. The molecule has 0 aliphatic carbocycles. The number of carbonyl (C=O) groups is 5. The van der Waals surface area contributed by atoms with Gasteiger partial charge in [0.15, 0.2) is 0 Å². The van der Waals surface area contributed by atoms with Gasteiger partial charge in [-0.25, -0.2) is 0 Å². The van der Waals surface area contributed by atoms with Crippen LogP contribution in [0.5, 0.6) is 0 Å². The fraction of sp³-hybridized carbons (Fsp3) is 0.906. The highest BCUT2D eigenvalue weighted by Crippen LogP contribution is 2.05. The number of nitrogens with one attached hydrogen (secondary N) is 6. The van der Waals surface area contributed by atoms with Crippen LogP contribution in [0.2, 0.25) is 0 Å². The van der Waals surface area contributed by atoms with Crippen LogP contribution < -0.4 is 31.9 Å². The summed E-state index contributed by atoms with van der Waals surface area (Å²) in [5, 5.41) is 18.9. The molecule has 0 aromatic rings. The lowest BCUT2D eigenvalue weighted by atomic mass is 10.2. The van der Waals surface area contributed by atoms with Crippen molar-refractivity contribution in [3.8, 4) is 0 Å². The van der Waals surface area contributed by atoms with E-state index in [1.54, 1.807) is 0 Å². The Morgan fingerprint density at radius 2 is 0.472 bits per heavy atom. The Morgan fingerprint density at radius 1 is 0.236 bits per heavy atom. The minimum Gasteiger partial charge on any atom is -0.356 e. The van der Waals surface area contributed by atoms with Gasteiger partial charge in [-0.15, -0.1) is 0 Å². The summed E-state index contributed by atoms with van der Waals surface area (Å²) in [6.45, 7) is 14.8. The van der Waals surface area contributed by atoms with Crippen LogP contribution >= 0.6 is 0 Å². The van der Waals surface area contributed by atoms with Crippen LogP contribution in [0.25, 0.3) is 0 Å². The molecule has 0 unspecified atom stereocenters. The van der Waals surface area contributed by atoms with Gasteiger partial charge >= 0.3 is 0 Å². The summed E-state index contributed by atoms with van der Waals surface area (Å²) in [5.74, 6) is 0.0270. The van der Waals surface area contributed by atoms with Gasteiger partial charge in [0.25, 0.3) is 0 Å². The van der Waals surface area contributed by atoms with Crippen molar-refractivity contribution in [1.29, 1.82) is 0 Å². The zero-order chi connectivity index (χ0) is 53.6. The van der Waals surface area contributed by atoms with Crippen molar-refractivity contribution < 1.29 is 24.0 Å². The van der Waals surface area contributed by atoms with Gasteiger partial charge in [-0.2, -0.15) is 0 Å². The van der Waals surface area contributed by atoms with E-state index in [0.29, 0.717) is 130 Å². The third-order valence-corrected chi connectivity index (χ3v) is 12.5. The van der Waals surface area contributed by atoms with E-state index >= 15 is 0 Å². The molecule has 0 heterocycles. The maximum atomic E-state index is 13.2. The molecule has 0 atom stereocenters. The van der Waals surface area contributed by atoms with Crippen molar-refractivity contribution in [1.82, 2.24) is 71.1 Å². The average molecular weight is 1030 g/mol. The Labute approximate surface area is 440 Å². The number of unbranched alkanes of at least 4 members (excludes halogenated alkanes) is 8.